The van der Waals surface area contributed by atoms with Crippen LogP contribution in [0.5, 0.6) is 0 Å². The second-order valence-electron chi connectivity index (χ2n) is 6.48. The number of amides is 4. The van der Waals surface area contributed by atoms with Crippen LogP contribution >= 0.6 is 0 Å². The summed E-state index contributed by atoms with van der Waals surface area (Å²) >= 11 is 0. The quantitative estimate of drug-likeness (QED) is 0.758. The number of nitrogens with one attached hydrogen (secondary N) is 2. The lowest BCUT2D eigenvalue weighted by molar-refractivity contribution is -0.122. The Morgan fingerprint density at radius 2 is 1.63 bits per heavy atom. The van der Waals surface area contributed by atoms with Gasteiger partial charge in [0.2, 0.25) is 11.8 Å². The number of carbonyl (C=O) groups is 3. The van der Waals surface area contributed by atoms with Crippen molar-refractivity contribution in [2.24, 2.45) is 11.7 Å². The van der Waals surface area contributed by atoms with Crippen LogP contribution in [0.3, 0.4) is 0 Å². The predicted octanol–water partition coefficient (Wildman–Crippen LogP) is 2.73. The van der Waals surface area contributed by atoms with Crippen LogP contribution in [-0.2, 0) is 16.0 Å². The number of hydrogen-bond donors (Lipinski definition) is 3. The lowest BCUT2D eigenvalue weighted by Crippen LogP contribution is -2.28. The third-order valence-corrected chi connectivity index (χ3v) is 4.57. The average molecular weight is 366 g/mol. The number of aryl methyl sites for hydroxylation is 1. The minimum Gasteiger partial charge on any atom is -0.351 e. The molecule has 1 saturated heterocycles. The van der Waals surface area contributed by atoms with Crippen molar-refractivity contribution in [2.45, 2.75) is 19.8 Å². The molecule has 0 aliphatic carbocycles. The molecule has 1 aliphatic rings. The number of anilines is 3. The predicted molar refractivity (Wildman–Crippen MR) is 105 cm³/mol. The summed E-state index contributed by atoms with van der Waals surface area (Å²) in [5.74, 6) is -0.668. The molecule has 0 bridgehead atoms. The Hall–Kier alpha value is -3.35. The topological polar surface area (TPSA) is 105 Å². The highest BCUT2D eigenvalue weighted by Gasteiger charge is 2.35. The summed E-state index contributed by atoms with van der Waals surface area (Å²) in [7, 11) is 0. The van der Waals surface area contributed by atoms with E-state index in [1.54, 1.807) is 29.2 Å². The van der Waals surface area contributed by atoms with Crippen LogP contribution in [0.25, 0.3) is 0 Å². The normalized spacial score (nSPS) is 16.3. The van der Waals surface area contributed by atoms with Crippen molar-refractivity contribution in [1.82, 2.24) is 0 Å². The van der Waals surface area contributed by atoms with Crippen LogP contribution in [0.4, 0.5) is 21.9 Å². The number of nitrogens with two attached hydrogens (primary N) is 1. The zero-order valence-corrected chi connectivity index (χ0v) is 15.1. The van der Waals surface area contributed by atoms with Gasteiger partial charge in [0.15, 0.2) is 0 Å². The van der Waals surface area contributed by atoms with Gasteiger partial charge in [0, 0.05) is 30.0 Å². The molecule has 140 valence electrons. The van der Waals surface area contributed by atoms with Crippen LogP contribution in [0.15, 0.2) is 48.5 Å². The molecule has 0 saturated carbocycles. The molecule has 0 radical (unpaired) electrons. The van der Waals surface area contributed by atoms with Crippen LogP contribution in [0.2, 0.25) is 0 Å². The van der Waals surface area contributed by atoms with Crippen molar-refractivity contribution in [3.63, 3.8) is 0 Å². The Labute approximate surface area is 157 Å². The molecule has 1 fully saturated rings. The largest absolute Gasteiger partial charge is 0.351 e. The summed E-state index contributed by atoms with van der Waals surface area (Å²) in [5.41, 5.74) is 8.21. The molecule has 0 spiro atoms. The van der Waals surface area contributed by atoms with Gasteiger partial charge in [-0.25, -0.2) is 4.79 Å². The first-order valence-corrected chi connectivity index (χ1v) is 8.83. The zero-order chi connectivity index (χ0) is 19.4. The minimum atomic E-state index is -0.650. The van der Waals surface area contributed by atoms with Crippen molar-refractivity contribution >= 4 is 34.9 Å². The van der Waals surface area contributed by atoms with Gasteiger partial charge in [-0.3, -0.25) is 9.59 Å². The maximum absolute atomic E-state index is 12.5. The molecule has 1 heterocycles. The van der Waals surface area contributed by atoms with Gasteiger partial charge in [-0.15, -0.1) is 0 Å². The van der Waals surface area contributed by atoms with Gasteiger partial charge in [0.05, 0.1) is 5.92 Å². The zero-order valence-electron chi connectivity index (χ0n) is 15.1. The first-order chi connectivity index (χ1) is 13.0. The van der Waals surface area contributed by atoms with Gasteiger partial charge >= 0.3 is 6.03 Å². The van der Waals surface area contributed by atoms with Crippen molar-refractivity contribution in [2.75, 3.05) is 22.1 Å². The summed E-state index contributed by atoms with van der Waals surface area (Å²) in [5, 5.41) is 5.27. The molecule has 4 N–H and O–H groups in total. The summed E-state index contributed by atoms with van der Waals surface area (Å²) in [6, 6.07) is 13.8. The second-order valence-corrected chi connectivity index (χ2v) is 6.48. The number of carbonyl (C=O) groups excluding carboxylic acids is 3. The van der Waals surface area contributed by atoms with Crippen molar-refractivity contribution in [1.29, 1.82) is 0 Å². The Bertz CT molecular complexity index is 847. The van der Waals surface area contributed by atoms with Gasteiger partial charge in [0.25, 0.3) is 0 Å². The molecule has 1 aliphatic heterocycles. The minimum absolute atomic E-state index is 0.0552. The van der Waals surface area contributed by atoms with Gasteiger partial charge in [-0.1, -0.05) is 19.1 Å². The van der Waals surface area contributed by atoms with E-state index in [-0.39, 0.29) is 18.2 Å². The van der Waals surface area contributed by atoms with Gasteiger partial charge in [-0.05, 0) is 48.4 Å². The van der Waals surface area contributed by atoms with E-state index < -0.39 is 11.9 Å². The molecule has 3 rings (SSSR count). The van der Waals surface area contributed by atoms with Crippen molar-refractivity contribution in [3.05, 3.63) is 54.1 Å². The fourth-order valence-corrected chi connectivity index (χ4v) is 3.07. The van der Waals surface area contributed by atoms with Crippen LogP contribution < -0.4 is 21.3 Å². The number of rotatable bonds is 5. The number of hydrogen-bond acceptors (Lipinski definition) is 3. The number of nitrogens with zero attached hydrogens (tertiary/aromatic N) is 1. The van der Waals surface area contributed by atoms with E-state index in [9.17, 15) is 14.4 Å². The molecule has 0 aromatic heterocycles. The molecular formula is C20H22N4O3. The van der Waals surface area contributed by atoms with E-state index in [1.165, 1.54) is 5.56 Å². The van der Waals surface area contributed by atoms with E-state index >= 15 is 0 Å². The van der Waals surface area contributed by atoms with Gasteiger partial charge < -0.3 is 21.3 Å². The van der Waals surface area contributed by atoms with E-state index in [2.05, 4.69) is 17.6 Å². The van der Waals surface area contributed by atoms with E-state index in [0.29, 0.717) is 17.9 Å². The van der Waals surface area contributed by atoms with Gasteiger partial charge in [-0.2, -0.15) is 0 Å². The molecule has 27 heavy (non-hydrogen) atoms. The fourth-order valence-electron chi connectivity index (χ4n) is 3.07. The fraction of sp³-hybridized carbons (Fsp3) is 0.250. The maximum Gasteiger partial charge on any atom is 0.316 e. The lowest BCUT2D eigenvalue weighted by atomic mass is 10.1. The standard InChI is InChI=1S/C20H22N4O3/c1-2-13-3-9-17(10-4-13)24-12-14(11-18(24)25)19(26)22-15-5-7-16(8-6-15)23-20(21)27/h3-10,14H,2,11-12H2,1H3,(H,22,26)(H3,21,23,27). The lowest BCUT2D eigenvalue weighted by Gasteiger charge is -2.17. The Morgan fingerprint density at radius 3 is 2.19 bits per heavy atom. The molecule has 4 amide bonds. The summed E-state index contributed by atoms with van der Waals surface area (Å²) in [6.07, 6.45) is 1.12. The third kappa shape index (κ3) is 4.44. The highest BCUT2D eigenvalue weighted by Crippen LogP contribution is 2.26. The number of primary amides is 1. The second kappa shape index (κ2) is 7.90. The summed E-state index contributed by atoms with van der Waals surface area (Å²) in [6.45, 7) is 2.43. The molecule has 2 aromatic rings. The van der Waals surface area contributed by atoms with Crippen LogP contribution in [-0.4, -0.2) is 24.4 Å². The smallest absolute Gasteiger partial charge is 0.316 e. The highest BCUT2D eigenvalue weighted by atomic mass is 16.2. The molecule has 7 nitrogen and oxygen atoms in total. The Balaban J connectivity index is 1.62. The van der Waals surface area contributed by atoms with Crippen LogP contribution in [0.1, 0.15) is 18.9 Å². The SMILES string of the molecule is CCc1ccc(N2CC(C(=O)Nc3ccc(NC(N)=O)cc3)CC2=O)cc1. The first-order valence-electron chi connectivity index (χ1n) is 8.83. The molecule has 1 unspecified atom stereocenters. The Kier molecular flexibility index (Phi) is 5.40. The number of benzene rings is 2. The third-order valence-electron chi connectivity index (χ3n) is 4.57. The first kappa shape index (κ1) is 18.4. The monoisotopic (exact) mass is 366 g/mol. The van der Waals surface area contributed by atoms with E-state index in [4.69, 9.17) is 5.73 Å². The summed E-state index contributed by atoms with van der Waals surface area (Å²) in [4.78, 5) is 37.3. The van der Waals surface area contributed by atoms with Crippen LogP contribution in [0, 0.1) is 5.92 Å². The van der Waals surface area contributed by atoms with Gasteiger partial charge in [0.1, 0.15) is 0 Å². The molecule has 2 aromatic carbocycles. The molecule has 7 heteroatoms. The summed E-state index contributed by atoms with van der Waals surface area (Å²) < 4.78 is 0. The van der Waals surface area contributed by atoms with E-state index in [1.807, 2.05) is 24.3 Å². The average Bonchev–Trinajstić information content (AvgIpc) is 3.05. The highest BCUT2D eigenvalue weighted by molar-refractivity contribution is 6.03. The van der Waals surface area contributed by atoms with Crippen molar-refractivity contribution in [3.8, 4) is 0 Å². The number of urea groups is 1. The maximum atomic E-state index is 12.5. The van der Waals surface area contributed by atoms with Crippen molar-refractivity contribution < 1.29 is 14.4 Å². The van der Waals surface area contributed by atoms with E-state index in [0.717, 1.165) is 12.1 Å². The Morgan fingerprint density at radius 1 is 1.04 bits per heavy atom. The molecular weight excluding hydrogens is 344 g/mol. The molecule has 1 atom stereocenters.